The standard InChI is InChI=1S/C20H27N5O2/c1-12-19(14(3)26)13(2)25(23-12)11-8-18(27)24-9-6-16-17(7-10-24)21-22-20(16)15-4-5-15/h15H,4-11H2,1-3H3,(H,21,22). The van der Waals surface area contributed by atoms with Crippen LogP contribution in [0.15, 0.2) is 0 Å². The molecule has 0 bridgehead atoms. The summed E-state index contributed by atoms with van der Waals surface area (Å²) in [5.74, 6) is 0.808. The molecule has 1 aliphatic carbocycles. The molecule has 0 spiro atoms. The minimum absolute atomic E-state index is 0.0244. The summed E-state index contributed by atoms with van der Waals surface area (Å²) >= 11 is 0. The molecule has 1 saturated carbocycles. The van der Waals surface area contributed by atoms with Gasteiger partial charge in [0.15, 0.2) is 5.78 Å². The lowest BCUT2D eigenvalue weighted by Crippen LogP contribution is -2.34. The first-order valence-corrected chi connectivity index (χ1v) is 9.84. The van der Waals surface area contributed by atoms with Crippen molar-refractivity contribution in [1.82, 2.24) is 24.9 Å². The first-order chi connectivity index (χ1) is 13.0. The Labute approximate surface area is 159 Å². The van der Waals surface area contributed by atoms with E-state index in [0.717, 1.165) is 37.3 Å². The molecule has 1 aliphatic heterocycles. The van der Waals surface area contributed by atoms with Gasteiger partial charge in [-0.3, -0.25) is 19.4 Å². The van der Waals surface area contributed by atoms with Gasteiger partial charge in [-0.05, 0) is 45.6 Å². The third-order valence-corrected chi connectivity index (χ3v) is 5.84. The van der Waals surface area contributed by atoms with E-state index in [1.807, 2.05) is 18.7 Å². The maximum atomic E-state index is 12.8. The number of nitrogens with one attached hydrogen (secondary N) is 1. The van der Waals surface area contributed by atoms with Crippen molar-refractivity contribution < 1.29 is 9.59 Å². The average molecular weight is 369 g/mol. The highest BCUT2D eigenvalue weighted by molar-refractivity contribution is 5.96. The summed E-state index contributed by atoms with van der Waals surface area (Å²) in [6, 6.07) is 0. The molecule has 2 aromatic heterocycles. The monoisotopic (exact) mass is 369 g/mol. The van der Waals surface area contributed by atoms with Crippen LogP contribution in [0.3, 0.4) is 0 Å². The number of carbonyl (C=O) groups excluding carboxylic acids is 2. The quantitative estimate of drug-likeness (QED) is 0.820. The molecule has 4 rings (SSSR count). The van der Waals surface area contributed by atoms with Crippen molar-refractivity contribution in [3.05, 3.63) is 33.9 Å². The van der Waals surface area contributed by atoms with Gasteiger partial charge in [-0.15, -0.1) is 0 Å². The Bertz CT molecular complexity index is 891. The predicted octanol–water partition coefficient (Wildman–Crippen LogP) is 2.32. The smallest absolute Gasteiger partial charge is 0.224 e. The van der Waals surface area contributed by atoms with E-state index in [2.05, 4.69) is 15.3 Å². The van der Waals surface area contributed by atoms with Gasteiger partial charge in [-0.2, -0.15) is 10.2 Å². The second kappa shape index (κ2) is 6.94. The van der Waals surface area contributed by atoms with E-state index in [1.54, 1.807) is 11.6 Å². The lowest BCUT2D eigenvalue weighted by Gasteiger charge is -2.20. The van der Waals surface area contributed by atoms with Crippen LogP contribution in [-0.2, 0) is 24.2 Å². The number of fused-ring (bicyclic) bond motifs is 1. The normalized spacial score (nSPS) is 16.9. The van der Waals surface area contributed by atoms with Crippen LogP contribution >= 0.6 is 0 Å². The first kappa shape index (κ1) is 17.9. The molecular weight excluding hydrogens is 342 g/mol. The molecule has 3 heterocycles. The van der Waals surface area contributed by atoms with Crippen LogP contribution in [0.25, 0.3) is 0 Å². The van der Waals surface area contributed by atoms with Crippen LogP contribution in [-0.4, -0.2) is 49.7 Å². The number of aryl methyl sites for hydroxylation is 2. The van der Waals surface area contributed by atoms with E-state index in [0.29, 0.717) is 24.4 Å². The predicted molar refractivity (Wildman–Crippen MR) is 101 cm³/mol. The van der Waals surface area contributed by atoms with Crippen LogP contribution in [0, 0.1) is 13.8 Å². The van der Waals surface area contributed by atoms with Crippen molar-refractivity contribution >= 4 is 11.7 Å². The zero-order chi connectivity index (χ0) is 19.1. The molecule has 0 saturated heterocycles. The van der Waals surface area contributed by atoms with Crippen LogP contribution < -0.4 is 0 Å². The largest absolute Gasteiger partial charge is 0.342 e. The summed E-state index contributed by atoms with van der Waals surface area (Å²) in [5, 5.41) is 12.2. The molecule has 1 amide bonds. The number of Topliss-reactive ketones (excluding diaryl/α,β-unsaturated/α-hetero) is 1. The molecule has 0 radical (unpaired) electrons. The van der Waals surface area contributed by atoms with Gasteiger partial charge in [0.25, 0.3) is 0 Å². The Morgan fingerprint density at radius 2 is 1.93 bits per heavy atom. The van der Waals surface area contributed by atoms with Crippen molar-refractivity contribution in [3.8, 4) is 0 Å². The van der Waals surface area contributed by atoms with E-state index < -0.39 is 0 Å². The molecule has 7 heteroatoms. The summed E-state index contributed by atoms with van der Waals surface area (Å²) in [7, 11) is 0. The lowest BCUT2D eigenvalue weighted by molar-refractivity contribution is -0.131. The highest BCUT2D eigenvalue weighted by atomic mass is 16.2. The zero-order valence-corrected chi connectivity index (χ0v) is 16.3. The number of aromatic amines is 1. The van der Waals surface area contributed by atoms with Gasteiger partial charge in [0.05, 0.1) is 17.0 Å². The lowest BCUT2D eigenvalue weighted by atomic mass is 10.1. The summed E-state index contributed by atoms with van der Waals surface area (Å²) in [6.45, 7) is 7.29. The summed E-state index contributed by atoms with van der Waals surface area (Å²) in [4.78, 5) is 26.5. The summed E-state index contributed by atoms with van der Waals surface area (Å²) in [5.41, 5.74) is 6.04. The molecule has 0 aromatic carbocycles. The van der Waals surface area contributed by atoms with Crippen molar-refractivity contribution in [2.45, 2.75) is 65.3 Å². The van der Waals surface area contributed by atoms with Crippen LogP contribution in [0.4, 0.5) is 0 Å². The zero-order valence-electron chi connectivity index (χ0n) is 16.3. The number of carbonyl (C=O) groups is 2. The van der Waals surface area contributed by atoms with E-state index >= 15 is 0 Å². The number of ketones is 1. The van der Waals surface area contributed by atoms with Crippen LogP contribution in [0.1, 0.15) is 70.8 Å². The third kappa shape index (κ3) is 3.42. The number of nitrogens with zero attached hydrogens (tertiary/aromatic N) is 4. The van der Waals surface area contributed by atoms with Gasteiger partial charge in [0.1, 0.15) is 0 Å². The van der Waals surface area contributed by atoms with E-state index in [4.69, 9.17) is 0 Å². The second-order valence-corrected chi connectivity index (χ2v) is 7.80. The van der Waals surface area contributed by atoms with Crippen molar-refractivity contribution in [3.63, 3.8) is 0 Å². The maximum absolute atomic E-state index is 12.8. The summed E-state index contributed by atoms with van der Waals surface area (Å²) in [6.07, 6.45) is 4.61. The number of H-pyrrole nitrogens is 1. The minimum atomic E-state index is 0.0244. The second-order valence-electron chi connectivity index (χ2n) is 7.80. The average Bonchev–Trinajstić information content (AvgIpc) is 3.37. The SMILES string of the molecule is CC(=O)c1c(C)nn(CCC(=O)N2CCc3[nH]nc(C4CC4)c3CC2)c1C. The highest BCUT2D eigenvalue weighted by Crippen LogP contribution is 2.41. The molecule has 7 nitrogen and oxygen atoms in total. The Morgan fingerprint density at radius 3 is 2.59 bits per heavy atom. The molecule has 1 fully saturated rings. The topological polar surface area (TPSA) is 83.9 Å². The molecule has 1 N–H and O–H groups in total. The number of aromatic nitrogens is 4. The fraction of sp³-hybridized carbons (Fsp3) is 0.600. The number of hydrogen-bond donors (Lipinski definition) is 1. The number of rotatable bonds is 5. The fourth-order valence-corrected chi connectivity index (χ4v) is 4.24. The van der Waals surface area contributed by atoms with Crippen LogP contribution in [0.2, 0.25) is 0 Å². The van der Waals surface area contributed by atoms with Gasteiger partial charge >= 0.3 is 0 Å². The van der Waals surface area contributed by atoms with Crippen molar-refractivity contribution in [2.24, 2.45) is 0 Å². The summed E-state index contributed by atoms with van der Waals surface area (Å²) < 4.78 is 1.79. The maximum Gasteiger partial charge on any atom is 0.224 e. The Hall–Kier alpha value is -2.44. The van der Waals surface area contributed by atoms with Gasteiger partial charge in [0, 0.05) is 49.8 Å². The van der Waals surface area contributed by atoms with Gasteiger partial charge < -0.3 is 4.90 Å². The van der Waals surface area contributed by atoms with Gasteiger partial charge in [-0.1, -0.05) is 0 Å². The molecule has 144 valence electrons. The number of amides is 1. The molecule has 0 atom stereocenters. The minimum Gasteiger partial charge on any atom is -0.342 e. The Balaban J connectivity index is 1.38. The molecule has 2 aliphatic rings. The van der Waals surface area contributed by atoms with E-state index in [-0.39, 0.29) is 11.7 Å². The molecule has 27 heavy (non-hydrogen) atoms. The van der Waals surface area contributed by atoms with Gasteiger partial charge in [-0.25, -0.2) is 0 Å². The molecule has 0 unspecified atom stereocenters. The Morgan fingerprint density at radius 1 is 1.19 bits per heavy atom. The Kier molecular flexibility index (Phi) is 4.61. The first-order valence-electron chi connectivity index (χ1n) is 9.84. The molecular formula is C20H27N5O2. The highest BCUT2D eigenvalue weighted by Gasteiger charge is 2.31. The van der Waals surface area contributed by atoms with Crippen LogP contribution in [0.5, 0.6) is 0 Å². The van der Waals surface area contributed by atoms with Gasteiger partial charge in [0.2, 0.25) is 5.91 Å². The van der Waals surface area contributed by atoms with E-state index in [1.165, 1.54) is 29.8 Å². The van der Waals surface area contributed by atoms with E-state index in [9.17, 15) is 9.59 Å². The number of hydrogen-bond acceptors (Lipinski definition) is 4. The van der Waals surface area contributed by atoms with Crippen molar-refractivity contribution in [1.29, 1.82) is 0 Å². The fourth-order valence-electron chi connectivity index (χ4n) is 4.24. The third-order valence-electron chi connectivity index (χ3n) is 5.84. The molecule has 2 aromatic rings. The van der Waals surface area contributed by atoms with Crippen molar-refractivity contribution in [2.75, 3.05) is 13.1 Å².